The average molecular weight is 325 g/mol. The molecule has 1 saturated heterocycles. The third kappa shape index (κ3) is 3.58. The van der Waals surface area contributed by atoms with E-state index in [0.717, 1.165) is 25.7 Å². The van der Waals surface area contributed by atoms with Gasteiger partial charge in [0.1, 0.15) is 5.92 Å². The number of hydrogen-bond donors (Lipinski definition) is 1. The standard InChI is InChI=1S/C17H27NO5/c1-4-6-10-18(22-11-7-5-2)15(19)13-12-8-9-17(3,23-12)14(13)16(20)21/h8-9,12-14H,4-7,10-11H2,1-3H3,(H,20,21). The monoisotopic (exact) mass is 325 g/mol. The van der Waals surface area contributed by atoms with Crippen LogP contribution in [0.25, 0.3) is 0 Å². The summed E-state index contributed by atoms with van der Waals surface area (Å²) in [4.78, 5) is 30.2. The first-order chi connectivity index (χ1) is 10.9. The van der Waals surface area contributed by atoms with Gasteiger partial charge in [0.25, 0.3) is 5.91 Å². The fourth-order valence-electron chi connectivity index (χ4n) is 3.28. The topological polar surface area (TPSA) is 76.1 Å². The molecule has 1 N–H and O–H groups in total. The van der Waals surface area contributed by atoms with Crippen molar-refractivity contribution in [1.82, 2.24) is 5.06 Å². The Morgan fingerprint density at radius 3 is 2.61 bits per heavy atom. The quantitative estimate of drug-likeness (QED) is 0.400. The van der Waals surface area contributed by atoms with E-state index in [-0.39, 0.29) is 5.91 Å². The Kier molecular flexibility index (Phi) is 5.81. The molecule has 0 saturated carbocycles. The molecular weight excluding hydrogens is 298 g/mol. The molecular formula is C17H27NO5. The summed E-state index contributed by atoms with van der Waals surface area (Å²) in [6, 6.07) is 0. The normalized spacial score (nSPS) is 31.5. The van der Waals surface area contributed by atoms with Crippen molar-refractivity contribution < 1.29 is 24.3 Å². The number of ether oxygens (including phenoxy) is 1. The Hall–Kier alpha value is -1.40. The largest absolute Gasteiger partial charge is 0.481 e. The predicted molar refractivity (Wildman–Crippen MR) is 84.5 cm³/mol. The van der Waals surface area contributed by atoms with Crippen molar-refractivity contribution >= 4 is 11.9 Å². The van der Waals surface area contributed by atoms with Crippen LogP contribution in [0.15, 0.2) is 12.2 Å². The molecule has 0 aliphatic carbocycles. The summed E-state index contributed by atoms with van der Waals surface area (Å²) in [6.45, 7) is 6.77. The van der Waals surface area contributed by atoms with Gasteiger partial charge < -0.3 is 9.84 Å². The molecule has 2 bridgehead atoms. The van der Waals surface area contributed by atoms with Crippen LogP contribution in [0.2, 0.25) is 0 Å². The van der Waals surface area contributed by atoms with Gasteiger partial charge >= 0.3 is 5.97 Å². The summed E-state index contributed by atoms with van der Waals surface area (Å²) >= 11 is 0. The van der Waals surface area contributed by atoms with Crippen LogP contribution in [-0.4, -0.2) is 46.9 Å². The molecule has 0 aromatic heterocycles. The second kappa shape index (κ2) is 7.45. The highest BCUT2D eigenvalue weighted by molar-refractivity contribution is 5.87. The van der Waals surface area contributed by atoms with E-state index in [1.54, 1.807) is 19.1 Å². The third-order valence-corrected chi connectivity index (χ3v) is 4.59. The Morgan fingerprint density at radius 1 is 1.30 bits per heavy atom. The van der Waals surface area contributed by atoms with Crippen LogP contribution >= 0.6 is 0 Å². The maximum Gasteiger partial charge on any atom is 0.310 e. The van der Waals surface area contributed by atoms with Crippen molar-refractivity contribution in [2.75, 3.05) is 13.2 Å². The first-order valence-corrected chi connectivity index (χ1v) is 8.49. The van der Waals surface area contributed by atoms with Gasteiger partial charge in [-0.2, -0.15) is 0 Å². The van der Waals surface area contributed by atoms with Crippen molar-refractivity contribution in [2.45, 2.75) is 58.2 Å². The van der Waals surface area contributed by atoms with Crippen LogP contribution in [0.1, 0.15) is 46.5 Å². The fourth-order valence-corrected chi connectivity index (χ4v) is 3.28. The Labute approximate surface area is 137 Å². The molecule has 130 valence electrons. The van der Waals surface area contributed by atoms with E-state index in [1.165, 1.54) is 5.06 Å². The molecule has 6 nitrogen and oxygen atoms in total. The van der Waals surface area contributed by atoms with Crippen molar-refractivity contribution in [3.05, 3.63) is 12.2 Å². The number of carboxylic acid groups (broad SMARTS) is 1. The van der Waals surface area contributed by atoms with Gasteiger partial charge in [0, 0.05) is 6.54 Å². The molecule has 0 aromatic carbocycles. The number of carbonyl (C=O) groups is 2. The molecule has 4 atom stereocenters. The Morgan fingerprint density at radius 2 is 2.00 bits per heavy atom. The van der Waals surface area contributed by atoms with Crippen LogP contribution in [0, 0.1) is 11.8 Å². The van der Waals surface area contributed by atoms with E-state index in [2.05, 4.69) is 6.92 Å². The van der Waals surface area contributed by atoms with Gasteiger partial charge in [-0.25, -0.2) is 5.06 Å². The fraction of sp³-hybridized carbons (Fsp3) is 0.765. The number of hydrogen-bond acceptors (Lipinski definition) is 4. The minimum Gasteiger partial charge on any atom is -0.481 e. The number of nitrogens with zero attached hydrogens (tertiary/aromatic N) is 1. The van der Waals surface area contributed by atoms with Crippen LogP contribution in [0.5, 0.6) is 0 Å². The molecule has 0 spiro atoms. The highest BCUT2D eigenvalue weighted by Crippen LogP contribution is 2.47. The van der Waals surface area contributed by atoms with E-state index in [0.29, 0.717) is 13.2 Å². The molecule has 1 amide bonds. The molecule has 2 aliphatic rings. The lowest BCUT2D eigenvalue weighted by Crippen LogP contribution is -2.47. The van der Waals surface area contributed by atoms with E-state index in [4.69, 9.17) is 9.57 Å². The first-order valence-electron chi connectivity index (χ1n) is 8.49. The van der Waals surface area contributed by atoms with Gasteiger partial charge in [0.15, 0.2) is 0 Å². The zero-order valence-electron chi connectivity index (χ0n) is 14.2. The zero-order valence-corrected chi connectivity index (χ0v) is 14.2. The van der Waals surface area contributed by atoms with Crippen molar-refractivity contribution in [1.29, 1.82) is 0 Å². The molecule has 0 radical (unpaired) electrons. The van der Waals surface area contributed by atoms with Gasteiger partial charge in [-0.15, -0.1) is 0 Å². The van der Waals surface area contributed by atoms with Gasteiger partial charge in [0.2, 0.25) is 0 Å². The minimum atomic E-state index is -0.998. The van der Waals surface area contributed by atoms with Gasteiger partial charge in [-0.3, -0.25) is 14.4 Å². The number of unbranched alkanes of at least 4 members (excludes halogenated alkanes) is 2. The number of hydroxylamine groups is 2. The smallest absolute Gasteiger partial charge is 0.310 e. The summed E-state index contributed by atoms with van der Waals surface area (Å²) in [7, 11) is 0. The number of amides is 1. The number of fused-ring (bicyclic) bond motifs is 2. The van der Waals surface area contributed by atoms with Crippen LogP contribution in [0.4, 0.5) is 0 Å². The lowest BCUT2D eigenvalue weighted by molar-refractivity contribution is -0.194. The molecule has 23 heavy (non-hydrogen) atoms. The molecule has 2 aliphatic heterocycles. The second-order valence-electron chi connectivity index (χ2n) is 6.45. The van der Waals surface area contributed by atoms with Crippen molar-refractivity contribution in [3.8, 4) is 0 Å². The predicted octanol–water partition coefficient (Wildman–Crippen LogP) is 2.39. The Balaban J connectivity index is 2.14. The molecule has 2 heterocycles. The zero-order chi connectivity index (χ0) is 17.0. The Bertz CT molecular complexity index is 478. The van der Waals surface area contributed by atoms with E-state index in [1.807, 2.05) is 6.92 Å². The summed E-state index contributed by atoms with van der Waals surface area (Å²) in [5.41, 5.74) is -0.906. The highest BCUT2D eigenvalue weighted by atomic mass is 16.7. The summed E-state index contributed by atoms with van der Waals surface area (Å²) in [6.07, 6.45) is 6.67. The molecule has 4 unspecified atom stereocenters. The lowest BCUT2D eigenvalue weighted by atomic mass is 9.76. The number of carbonyl (C=O) groups excluding carboxylic acids is 1. The van der Waals surface area contributed by atoms with Crippen LogP contribution in [-0.2, 0) is 19.2 Å². The SMILES string of the molecule is CCCCON(CCCC)C(=O)C1C2C=CC(C)(O2)C1C(=O)O. The average Bonchev–Trinajstić information content (AvgIpc) is 3.03. The van der Waals surface area contributed by atoms with E-state index >= 15 is 0 Å². The van der Waals surface area contributed by atoms with Gasteiger partial charge in [-0.05, 0) is 19.8 Å². The molecule has 6 heteroatoms. The summed E-state index contributed by atoms with van der Waals surface area (Å²) in [5, 5.41) is 10.9. The number of aliphatic carboxylic acids is 1. The van der Waals surface area contributed by atoms with Gasteiger partial charge in [0.05, 0.1) is 24.2 Å². The van der Waals surface area contributed by atoms with E-state index in [9.17, 15) is 14.7 Å². The van der Waals surface area contributed by atoms with Crippen LogP contribution < -0.4 is 0 Å². The second-order valence-corrected chi connectivity index (χ2v) is 6.45. The lowest BCUT2D eigenvalue weighted by Gasteiger charge is -2.30. The van der Waals surface area contributed by atoms with Gasteiger partial charge in [-0.1, -0.05) is 38.8 Å². The minimum absolute atomic E-state index is 0.278. The molecule has 1 fully saturated rings. The number of rotatable bonds is 9. The number of carboxylic acids is 1. The summed E-state index contributed by atoms with van der Waals surface area (Å²) in [5.74, 6) is -2.87. The highest BCUT2D eigenvalue weighted by Gasteiger charge is 2.60. The first kappa shape index (κ1) is 17.9. The van der Waals surface area contributed by atoms with Crippen molar-refractivity contribution in [2.24, 2.45) is 11.8 Å². The molecule has 0 aromatic rings. The van der Waals surface area contributed by atoms with Crippen molar-refractivity contribution in [3.63, 3.8) is 0 Å². The molecule has 2 rings (SSSR count). The maximum absolute atomic E-state index is 12.9. The van der Waals surface area contributed by atoms with E-state index < -0.39 is 29.5 Å². The summed E-state index contributed by atoms with van der Waals surface area (Å²) < 4.78 is 5.75. The third-order valence-electron chi connectivity index (χ3n) is 4.59. The van der Waals surface area contributed by atoms with Crippen LogP contribution in [0.3, 0.4) is 0 Å². The maximum atomic E-state index is 12.9.